The Balaban J connectivity index is 3.77. The van der Waals surface area contributed by atoms with Crippen molar-refractivity contribution >= 4 is 11.9 Å². The molecule has 0 fully saturated rings. The van der Waals surface area contributed by atoms with E-state index in [9.17, 15) is 9.59 Å². The summed E-state index contributed by atoms with van der Waals surface area (Å²) in [4.78, 5) is 23.3. The van der Waals surface area contributed by atoms with Crippen molar-refractivity contribution in [1.29, 1.82) is 0 Å². The lowest BCUT2D eigenvalue weighted by molar-refractivity contribution is -0.120. The van der Waals surface area contributed by atoms with Crippen molar-refractivity contribution in [3.05, 3.63) is 0 Å². The van der Waals surface area contributed by atoms with Crippen LogP contribution in [0, 0.1) is 5.92 Å². The van der Waals surface area contributed by atoms with Crippen LogP contribution in [-0.2, 0) is 4.79 Å². The first-order valence-electron chi connectivity index (χ1n) is 3.94. The molecule has 0 unspecified atom stereocenters. The molecule has 0 rings (SSSR count). The van der Waals surface area contributed by atoms with E-state index in [1.807, 2.05) is 13.8 Å². The Kier molecular flexibility index (Phi) is 4.33. The standard InChI is InChI=1S/C8H16N2O2/c1-6(2)5-7(11)9-8(12)10(3)4/h6H,5H2,1-4H3,(H,9,11,12). The van der Waals surface area contributed by atoms with Crippen LogP contribution in [-0.4, -0.2) is 30.9 Å². The summed E-state index contributed by atoms with van der Waals surface area (Å²) in [5.41, 5.74) is 0. The SMILES string of the molecule is CC(C)CC(=O)NC(=O)N(C)C. The van der Waals surface area contributed by atoms with Crippen LogP contribution in [0.2, 0.25) is 0 Å². The molecule has 12 heavy (non-hydrogen) atoms. The first-order chi connectivity index (χ1) is 5.43. The monoisotopic (exact) mass is 172 g/mol. The summed E-state index contributed by atoms with van der Waals surface area (Å²) in [6.45, 7) is 3.86. The maximum atomic E-state index is 11.0. The molecule has 0 aromatic rings. The molecule has 0 saturated heterocycles. The second-order valence-electron chi connectivity index (χ2n) is 3.35. The van der Waals surface area contributed by atoms with Crippen LogP contribution in [0.5, 0.6) is 0 Å². The zero-order valence-corrected chi connectivity index (χ0v) is 8.05. The molecule has 70 valence electrons. The summed E-state index contributed by atoms with van der Waals surface area (Å²) in [5.74, 6) is 0.0589. The number of hydrogen-bond acceptors (Lipinski definition) is 2. The van der Waals surface area contributed by atoms with Crippen molar-refractivity contribution in [3.8, 4) is 0 Å². The largest absolute Gasteiger partial charge is 0.331 e. The van der Waals surface area contributed by atoms with E-state index in [1.165, 1.54) is 4.90 Å². The fourth-order valence-electron chi connectivity index (χ4n) is 0.653. The summed E-state index contributed by atoms with van der Waals surface area (Å²) in [7, 11) is 3.19. The molecule has 0 aliphatic rings. The van der Waals surface area contributed by atoms with E-state index in [4.69, 9.17) is 0 Å². The summed E-state index contributed by atoms with van der Waals surface area (Å²) in [5, 5.41) is 2.26. The molecule has 0 spiro atoms. The minimum Gasteiger partial charge on any atom is -0.331 e. The second-order valence-corrected chi connectivity index (χ2v) is 3.35. The van der Waals surface area contributed by atoms with Gasteiger partial charge in [-0.25, -0.2) is 4.79 Å². The van der Waals surface area contributed by atoms with Crippen molar-refractivity contribution in [2.45, 2.75) is 20.3 Å². The van der Waals surface area contributed by atoms with Gasteiger partial charge >= 0.3 is 6.03 Å². The lowest BCUT2D eigenvalue weighted by atomic mass is 10.1. The third-order valence-electron chi connectivity index (χ3n) is 1.25. The molecule has 0 aromatic carbocycles. The third kappa shape index (κ3) is 4.71. The molecule has 0 atom stereocenters. The van der Waals surface area contributed by atoms with E-state index in [-0.39, 0.29) is 17.9 Å². The van der Waals surface area contributed by atoms with E-state index in [0.29, 0.717) is 6.42 Å². The highest BCUT2D eigenvalue weighted by Crippen LogP contribution is 1.97. The summed E-state index contributed by atoms with van der Waals surface area (Å²) in [6, 6.07) is -0.361. The molecule has 0 aliphatic carbocycles. The van der Waals surface area contributed by atoms with Crippen molar-refractivity contribution in [1.82, 2.24) is 10.2 Å². The number of hydrogen-bond donors (Lipinski definition) is 1. The average molecular weight is 172 g/mol. The maximum Gasteiger partial charge on any atom is 0.323 e. The molecule has 0 bridgehead atoms. The molecular formula is C8H16N2O2. The fourth-order valence-corrected chi connectivity index (χ4v) is 0.653. The Morgan fingerprint density at radius 1 is 1.33 bits per heavy atom. The van der Waals surface area contributed by atoms with Gasteiger partial charge in [-0.1, -0.05) is 13.8 Å². The predicted molar refractivity (Wildman–Crippen MR) is 46.7 cm³/mol. The zero-order valence-electron chi connectivity index (χ0n) is 8.05. The number of carbonyl (C=O) groups is 2. The van der Waals surface area contributed by atoms with Crippen molar-refractivity contribution in [2.75, 3.05) is 14.1 Å². The van der Waals surface area contributed by atoms with Gasteiger partial charge in [0.15, 0.2) is 0 Å². The molecule has 0 saturated carbocycles. The lowest BCUT2D eigenvalue weighted by Crippen LogP contribution is -2.38. The number of amides is 3. The Morgan fingerprint density at radius 2 is 1.83 bits per heavy atom. The van der Waals surface area contributed by atoms with Gasteiger partial charge in [-0.05, 0) is 5.92 Å². The molecule has 4 heteroatoms. The van der Waals surface area contributed by atoms with Crippen LogP contribution in [0.15, 0.2) is 0 Å². The average Bonchev–Trinajstić information content (AvgIpc) is 1.84. The molecular weight excluding hydrogens is 156 g/mol. The number of rotatable bonds is 2. The summed E-state index contributed by atoms with van der Waals surface area (Å²) >= 11 is 0. The number of urea groups is 1. The highest BCUT2D eigenvalue weighted by atomic mass is 16.2. The van der Waals surface area contributed by atoms with E-state index < -0.39 is 0 Å². The molecule has 0 aliphatic heterocycles. The first kappa shape index (κ1) is 10.9. The number of nitrogens with zero attached hydrogens (tertiary/aromatic N) is 1. The van der Waals surface area contributed by atoms with Crippen LogP contribution in [0.25, 0.3) is 0 Å². The van der Waals surface area contributed by atoms with Gasteiger partial charge < -0.3 is 4.90 Å². The Morgan fingerprint density at radius 3 is 2.17 bits per heavy atom. The van der Waals surface area contributed by atoms with Crippen molar-refractivity contribution < 1.29 is 9.59 Å². The topological polar surface area (TPSA) is 49.4 Å². The summed E-state index contributed by atoms with van der Waals surface area (Å²) in [6.07, 6.45) is 0.388. The van der Waals surface area contributed by atoms with Crippen LogP contribution < -0.4 is 5.32 Å². The van der Waals surface area contributed by atoms with Crippen molar-refractivity contribution in [3.63, 3.8) is 0 Å². The highest BCUT2D eigenvalue weighted by molar-refractivity contribution is 5.94. The highest BCUT2D eigenvalue weighted by Gasteiger charge is 2.09. The van der Waals surface area contributed by atoms with E-state index in [2.05, 4.69) is 5.32 Å². The molecule has 0 aromatic heterocycles. The lowest BCUT2D eigenvalue weighted by Gasteiger charge is -2.11. The minimum atomic E-state index is -0.361. The number of nitrogens with one attached hydrogen (secondary N) is 1. The van der Waals surface area contributed by atoms with E-state index in [1.54, 1.807) is 14.1 Å². The van der Waals surface area contributed by atoms with Gasteiger partial charge in [0.05, 0.1) is 0 Å². The van der Waals surface area contributed by atoms with Gasteiger partial charge in [0.25, 0.3) is 0 Å². The van der Waals surface area contributed by atoms with Gasteiger partial charge in [0.1, 0.15) is 0 Å². The smallest absolute Gasteiger partial charge is 0.323 e. The van der Waals surface area contributed by atoms with Gasteiger partial charge in [0, 0.05) is 20.5 Å². The van der Waals surface area contributed by atoms with Crippen LogP contribution in [0.4, 0.5) is 4.79 Å². The van der Waals surface area contributed by atoms with E-state index in [0.717, 1.165) is 0 Å². The van der Waals surface area contributed by atoms with Crippen LogP contribution in [0.3, 0.4) is 0 Å². The number of carbonyl (C=O) groups excluding carboxylic acids is 2. The molecule has 3 amide bonds. The van der Waals surface area contributed by atoms with Gasteiger partial charge in [0.2, 0.25) is 5.91 Å². The normalized spacial score (nSPS) is 9.75. The van der Waals surface area contributed by atoms with Crippen LogP contribution in [0.1, 0.15) is 20.3 Å². The quantitative estimate of drug-likeness (QED) is 0.670. The van der Waals surface area contributed by atoms with Gasteiger partial charge in [-0.15, -0.1) is 0 Å². The third-order valence-corrected chi connectivity index (χ3v) is 1.25. The second kappa shape index (κ2) is 4.74. The van der Waals surface area contributed by atoms with Gasteiger partial charge in [-0.2, -0.15) is 0 Å². The Labute approximate surface area is 72.9 Å². The molecule has 1 N–H and O–H groups in total. The van der Waals surface area contributed by atoms with Crippen LogP contribution >= 0.6 is 0 Å². The molecule has 0 heterocycles. The van der Waals surface area contributed by atoms with E-state index >= 15 is 0 Å². The summed E-state index contributed by atoms with van der Waals surface area (Å²) < 4.78 is 0. The van der Waals surface area contributed by atoms with Gasteiger partial charge in [-0.3, -0.25) is 10.1 Å². The fraction of sp³-hybridized carbons (Fsp3) is 0.750. The predicted octanol–water partition coefficient (Wildman–Crippen LogP) is 0.830. The molecule has 0 radical (unpaired) electrons. The molecule has 4 nitrogen and oxygen atoms in total. The Hall–Kier alpha value is -1.06. The Bertz CT molecular complexity index is 176. The van der Waals surface area contributed by atoms with Crippen molar-refractivity contribution in [2.24, 2.45) is 5.92 Å². The minimum absolute atomic E-state index is 0.219. The first-order valence-corrected chi connectivity index (χ1v) is 3.94. The zero-order chi connectivity index (χ0) is 9.72. The number of imide groups is 1. The maximum absolute atomic E-state index is 11.0.